The number of oxazole rings is 1. The highest BCUT2D eigenvalue weighted by Gasteiger charge is 2.16. The molecule has 1 rings (SSSR count). The predicted octanol–water partition coefficient (Wildman–Crippen LogP) is 2.68. The summed E-state index contributed by atoms with van der Waals surface area (Å²) in [7, 11) is 0. The van der Waals surface area contributed by atoms with Gasteiger partial charge in [0, 0.05) is 15.9 Å². The third-order valence-corrected chi connectivity index (χ3v) is 1.34. The number of nitrogens with zero attached hydrogens (tertiary/aromatic N) is 1. The average molecular weight is 212 g/mol. The van der Waals surface area contributed by atoms with E-state index in [1.54, 1.807) is 0 Å². The van der Waals surface area contributed by atoms with E-state index in [1.807, 2.05) is 0 Å². The van der Waals surface area contributed by atoms with Crippen molar-refractivity contribution in [2.24, 2.45) is 0 Å². The van der Waals surface area contributed by atoms with Crippen molar-refractivity contribution >= 4 is 15.9 Å². The summed E-state index contributed by atoms with van der Waals surface area (Å²) in [6, 6.07) is 0. The molecule has 1 aromatic rings. The minimum Gasteiger partial charge on any atom is -0.430 e. The van der Waals surface area contributed by atoms with Crippen LogP contribution in [0.3, 0.4) is 0 Å². The molecular weight excluding hydrogens is 208 g/mol. The van der Waals surface area contributed by atoms with Crippen LogP contribution in [0.15, 0.2) is 9.22 Å². The van der Waals surface area contributed by atoms with Crippen molar-refractivity contribution in [2.75, 3.05) is 0 Å². The summed E-state index contributed by atoms with van der Waals surface area (Å²) in [6.07, 6.45) is -2.58. The number of hydrogen-bond acceptors (Lipinski definition) is 2. The third kappa shape index (κ3) is 1.34. The smallest absolute Gasteiger partial charge is 0.297 e. The van der Waals surface area contributed by atoms with Gasteiger partial charge in [-0.15, -0.1) is 0 Å². The number of hydrogen-bond donors (Lipinski definition) is 0. The van der Waals surface area contributed by atoms with E-state index in [1.165, 1.54) is 6.92 Å². The highest BCUT2D eigenvalue weighted by Crippen LogP contribution is 2.25. The molecule has 0 aliphatic heterocycles. The maximum Gasteiger partial charge on any atom is 0.297 e. The van der Waals surface area contributed by atoms with Gasteiger partial charge >= 0.3 is 0 Å². The van der Waals surface area contributed by atoms with Gasteiger partial charge in [0.15, 0.2) is 5.76 Å². The largest absolute Gasteiger partial charge is 0.430 e. The zero-order chi connectivity index (χ0) is 7.72. The van der Waals surface area contributed by atoms with E-state index in [9.17, 15) is 8.78 Å². The summed E-state index contributed by atoms with van der Waals surface area (Å²) in [4.78, 5) is 3.70. The zero-order valence-corrected chi connectivity index (χ0v) is 6.65. The maximum absolute atomic E-state index is 11.9. The van der Waals surface area contributed by atoms with Gasteiger partial charge in [0.2, 0.25) is 0 Å². The summed E-state index contributed by atoms with van der Waals surface area (Å²) in [5.74, 6) is -0.369. The molecule has 0 aromatic carbocycles. The van der Waals surface area contributed by atoms with E-state index in [4.69, 9.17) is 0 Å². The molecule has 1 aromatic heterocycles. The molecule has 10 heavy (non-hydrogen) atoms. The molecule has 0 amide bonds. The quantitative estimate of drug-likeness (QED) is 0.715. The summed E-state index contributed by atoms with van der Waals surface area (Å²) in [5, 5.41) is 0. The summed E-state index contributed by atoms with van der Waals surface area (Å²) < 4.78 is 28.3. The number of aryl methyl sites for hydroxylation is 1. The van der Waals surface area contributed by atoms with Crippen molar-refractivity contribution < 1.29 is 13.2 Å². The Morgan fingerprint density at radius 3 is 2.40 bits per heavy atom. The fourth-order valence-electron chi connectivity index (χ4n) is 0.577. The van der Waals surface area contributed by atoms with Gasteiger partial charge in [-0.3, -0.25) is 0 Å². The molecule has 0 radical (unpaired) electrons. The Hall–Kier alpha value is -0.450. The Morgan fingerprint density at radius 2 is 2.20 bits per heavy atom. The molecule has 0 unspecified atom stereocenters. The van der Waals surface area contributed by atoms with Crippen LogP contribution < -0.4 is 0 Å². The monoisotopic (exact) mass is 211 g/mol. The van der Waals surface area contributed by atoms with Crippen molar-refractivity contribution in [3.05, 3.63) is 16.3 Å². The van der Waals surface area contributed by atoms with Gasteiger partial charge in [0.25, 0.3) is 11.2 Å². The van der Waals surface area contributed by atoms with Crippen molar-refractivity contribution in [1.29, 1.82) is 0 Å². The fourth-order valence-corrected chi connectivity index (χ4v) is 1.02. The molecule has 0 bridgehead atoms. The van der Waals surface area contributed by atoms with E-state index in [0.29, 0.717) is 0 Å². The van der Waals surface area contributed by atoms with Gasteiger partial charge in [0.1, 0.15) is 0 Å². The molecule has 0 atom stereocenters. The number of rotatable bonds is 1. The molecule has 0 spiro atoms. The number of aromatic nitrogens is 1. The molecule has 1 heterocycles. The van der Waals surface area contributed by atoms with Gasteiger partial charge in [-0.2, -0.15) is 0 Å². The molecule has 0 saturated heterocycles. The van der Waals surface area contributed by atoms with Crippen LogP contribution in [-0.2, 0) is 0 Å². The standard InChI is InChI=1S/C5H4BrF2NO/c1-2-3(4(7)8)10-5(6)9-2/h4H,1H3. The lowest BCUT2D eigenvalue weighted by atomic mass is 10.4. The van der Waals surface area contributed by atoms with Crippen molar-refractivity contribution in [2.45, 2.75) is 13.3 Å². The van der Waals surface area contributed by atoms with Gasteiger partial charge in [-0.05, 0) is 6.92 Å². The lowest BCUT2D eigenvalue weighted by molar-refractivity contribution is 0.119. The normalized spacial score (nSPS) is 10.9. The molecule has 0 saturated carbocycles. The van der Waals surface area contributed by atoms with Crippen LogP contribution in [0.4, 0.5) is 8.78 Å². The van der Waals surface area contributed by atoms with Crippen LogP contribution in [-0.4, -0.2) is 4.98 Å². The van der Waals surface area contributed by atoms with Gasteiger partial charge in [0.05, 0.1) is 5.69 Å². The first-order valence-electron chi connectivity index (χ1n) is 2.52. The second-order valence-electron chi connectivity index (χ2n) is 1.72. The maximum atomic E-state index is 11.9. The van der Waals surface area contributed by atoms with Crippen LogP contribution in [0, 0.1) is 6.92 Å². The number of alkyl halides is 2. The van der Waals surface area contributed by atoms with E-state index in [0.717, 1.165) is 0 Å². The van der Waals surface area contributed by atoms with Crippen molar-refractivity contribution in [1.82, 2.24) is 4.98 Å². The Bertz CT molecular complexity index is 236. The molecule has 2 nitrogen and oxygen atoms in total. The fraction of sp³-hybridized carbons (Fsp3) is 0.400. The number of halogens is 3. The first kappa shape index (κ1) is 7.65. The van der Waals surface area contributed by atoms with Gasteiger partial charge in [-0.1, -0.05) is 0 Å². The average Bonchev–Trinajstić information content (AvgIpc) is 2.10. The highest BCUT2D eigenvalue weighted by molar-refractivity contribution is 9.10. The summed E-state index contributed by atoms with van der Waals surface area (Å²) in [6.45, 7) is 1.47. The van der Waals surface area contributed by atoms with E-state index >= 15 is 0 Å². The van der Waals surface area contributed by atoms with Crippen LogP contribution in [0.5, 0.6) is 0 Å². The van der Waals surface area contributed by atoms with E-state index in [2.05, 4.69) is 25.3 Å². The van der Waals surface area contributed by atoms with Crippen molar-refractivity contribution in [3.63, 3.8) is 0 Å². The Balaban J connectivity index is 3.03. The first-order valence-corrected chi connectivity index (χ1v) is 3.31. The van der Waals surface area contributed by atoms with Crippen LogP contribution in [0.25, 0.3) is 0 Å². The molecule has 56 valence electrons. The Labute approximate surface area is 64.4 Å². The Morgan fingerprint density at radius 1 is 1.60 bits per heavy atom. The third-order valence-electron chi connectivity index (χ3n) is 1.00. The molecular formula is C5H4BrF2NO. The molecule has 0 N–H and O–H groups in total. The van der Waals surface area contributed by atoms with Crippen LogP contribution in [0.2, 0.25) is 0 Å². The molecule has 0 fully saturated rings. The topological polar surface area (TPSA) is 26.0 Å². The lowest BCUT2D eigenvalue weighted by Gasteiger charge is -1.90. The second-order valence-corrected chi connectivity index (χ2v) is 2.40. The molecule has 0 aliphatic carbocycles. The predicted molar refractivity (Wildman–Crippen MR) is 33.9 cm³/mol. The summed E-state index contributed by atoms with van der Waals surface area (Å²) >= 11 is 2.84. The zero-order valence-electron chi connectivity index (χ0n) is 5.07. The summed E-state index contributed by atoms with van der Waals surface area (Å²) in [5.41, 5.74) is 0.224. The molecule has 5 heteroatoms. The van der Waals surface area contributed by atoms with Gasteiger partial charge < -0.3 is 4.42 Å². The highest BCUT2D eigenvalue weighted by atomic mass is 79.9. The van der Waals surface area contributed by atoms with Crippen molar-refractivity contribution in [3.8, 4) is 0 Å². The molecule has 0 aliphatic rings. The minimum absolute atomic E-state index is 0.0975. The minimum atomic E-state index is -2.58. The van der Waals surface area contributed by atoms with E-state index < -0.39 is 6.43 Å². The Kier molecular flexibility index (Phi) is 2.03. The first-order chi connectivity index (χ1) is 4.61. The van der Waals surface area contributed by atoms with Gasteiger partial charge in [-0.25, -0.2) is 13.8 Å². The van der Waals surface area contributed by atoms with Crippen LogP contribution >= 0.6 is 15.9 Å². The van der Waals surface area contributed by atoms with E-state index in [-0.39, 0.29) is 16.3 Å². The SMILES string of the molecule is Cc1nc(Br)oc1C(F)F. The lowest BCUT2D eigenvalue weighted by Crippen LogP contribution is -1.82. The van der Waals surface area contributed by atoms with Crippen LogP contribution in [0.1, 0.15) is 17.9 Å². The second kappa shape index (κ2) is 2.65.